The summed E-state index contributed by atoms with van der Waals surface area (Å²) in [6.07, 6.45) is 10.2. The number of hydrogen-bond acceptors (Lipinski definition) is 2. The lowest BCUT2D eigenvalue weighted by Gasteiger charge is -2.73. The lowest BCUT2D eigenvalue weighted by atomic mass is 9.32. The maximum Gasteiger partial charge on any atom is 0.0624 e. The fraction of sp³-hybridized carbons (Fsp3) is 0.933. The topological polar surface area (TPSA) is 40.5 Å². The van der Waals surface area contributed by atoms with Gasteiger partial charge in [-0.3, -0.25) is 0 Å². The molecule has 2 nitrogen and oxygen atoms in total. The molecule has 0 amide bonds. The van der Waals surface area contributed by atoms with Gasteiger partial charge in [0.05, 0.1) is 12.2 Å². The molecule has 0 aromatic heterocycles. The van der Waals surface area contributed by atoms with Crippen molar-refractivity contribution in [2.75, 3.05) is 0 Å². The van der Waals surface area contributed by atoms with E-state index in [2.05, 4.69) is 55.0 Å². The molecule has 0 aromatic rings. The van der Waals surface area contributed by atoms with E-state index in [4.69, 9.17) is 0 Å². The lowest BCUT2D eigenvalue weighted by molar-refractivity contribution is -0.273. The molecular formula is C30H50O2. The van der Waals surface area contributed by atoms with Gasteiger partial charge in [-0.2, -0.15) is 0 Å². The quantitative estimate of drug-likeness (QED) is 0.429. The van der Waals surface area contributed by atoms with Gasteiger partial charge >= 0.3 is 0 Å². The van der Waals surface area contributed by atoms with Crippen molar-refractivity contribution in [2.24, 2.45) is 56.7 Å². The molecule has 0 aromatic carbocycles. The first-order valence-corrected chi connectivity index (χ1v) is 13.7. The van der Waals surface area contributed by atoms with Crippen molar-refractivity contribution in [1.82, 2.24) is 0 Å². The van der Waals surface area contributed by atoms with Gasteiger partial charge in [0, 0.05) is 11.8 Å². The Kier molecular flexibility index (Phi) is 5.02. The van der Waals surface area contributed by atoms with Crippen LogP contribution in [0.25, 0.3) is 0 Å². The second kappa shape index (κ2) is 6.87. The molecule has 5 rings (SSSR count). The van der Waals surface area contributed by atoms with Crippen LogP contribution in [0.15, 0.2) is 12.2 Å². The third-order valence-electron chi connectivity index (χ3n) is 13.6. The van der Waals surface area contributed by atoms with Gasteiger partial charge in [-0.25, -0.2) is 0 Å². The van der Waals surface area contributed by atoms with Crippen molar-refractivity contribution in [1.29, 1.82) is 0 Å². The second-order valence-electron chi connectivity index (χ2n) is 14.8. The Labute approximate surface area is 197 Å². The fourth-order valence-electron chi connectivity index (χ4n) is 11.4. The molecule has 2 N–H and O–H groups in total. The van der Waals surface area contributed by atoms with E-state index < -0.39 is 6.10 Å². The van der Waals surface area contributed by atoms with Crippen molar-refractivity contribution >= 4 is 0 Å². The Morgan fingerprint density at radius 3 is 2.09 bits per heavy atom. The van der Waals surface area contributed by atoms with E-state index in [0.717, 1.165) is 18.3 Å². The first-order valence-electron chi connectivity index (χ1n) is 13.7. The predicted octanol–water partition coefficient (Wildman–Crippen LogP) is 7.00. The molecule has 0 bridgehead atoms. The predicted molar refractivity (Wildman–Crippen MR) is 132 cm³/mol. The van der Waals surface area contributed by atoms with E-state index in [1.165, 1.54) is 50.5 Å². The van der Waals surface area contributed by atoms with Crippen LogP contribution < -0.4 is 0 Å². The molecule has 0 aliphatic heterocycles. The largest absolute Gasteiger partial charge is 0.392 e. The molecule has 32 heavy (non-hydrogen) atoms. The Balaban J connectivity index is 1.57. The number of aliphatic hydroxyl groups is 2. The van der Waals surface area contributed by atoms with Gasteiger partial charge in [0.15, 0.2) is 0 Å². The van der Waals surface area contributed by atoms with Gasteiger partial charge in [0.25, 0.3) is 0 Å². The third-order valence-corrected chi connectivity index (χ3v) is 13.6. The molecule has 5 saturated carbocycles. The van der Waals surface area contributed by atoms with Crippen LogP contribution in [0, 0.1) is 56.7 Å². The molecule has 0 radical (unpaired) electrons. The summed E-state index contributed by atoms with van der Waals surface area (Å²) in [5.74, 6) is 3.22. The van der Waals surface area contributed by atoms with Crippen LogP contribution >= 0.6 is 0 Å². The van der Waals surface area contributed by atoms with Gasteiger partial charge in [-0.1, -0.05) is 53.7 Å². The van der Waals surface area contributed by atoms with E-state index in [0.29, 0.717) is 35.0 Å². The molecule has 182 valence electrons. The number of fused-ring (bicyclic) bond motifs is 7. The van der Waals surface area contributed by atoms with E-state index in [1.807, 2.05) is 0 Å². The highest BCUT2D eigenvalue weighted by atomic mass is 16.3. The summed E-state index contributed by atoms with van der Waals surface area (Å²) in [6.45, 7) is 21.6. The first kappa shape index (κ1) is 23.4. The van der Waals surface area contributed by atoms with Crippen molar-refractivity contribution < 1.29 is 10.2 Å². The summed E-state index contributed by atoms with van der Waals surface area (Å²) >= 11 is 0. The van der Waals surface area contributed by atoms with Crippen LogP contribution in [-0.4, -0.2) is 22.4 Å². The summed E-state index contributed by atoms with van der Waals surface area (Å²) in [6, 6.07) is 0. The monoisotopic (exact) mass is 442 g/mol. The van der Waals surface area contributed by atoms with E-state index in [9.17, 15) is 10.2 Å². The highest BCUT2D eigenvalue weighted by Gasteiger charge is 2.71. The zero-order valence-electron chi connectivity index (χ0n) is 22.0. The molecule has 0 heterocycles. The van der Waals surface area contributed by atoms with Crippen LogP contribution in [0.1, 0.15) is 106 Å². The first-order chi connectivity index (χ1) is 14.7. The summed E-state index contributed by atoms with van der Waals surface area (Å²) in [5, 5.41) is 22.4. The van der Waals surface area contributed by atoms with Gasteiger partial charge in [0.2, 0.25) is 0 Å². The smallest absolute Gasteiger partial charge is 0.0624 e. The second-order valence-corrected chi connectivity index (χ2v) is 14.8. The molecule has 5 aliphatic rings. The average Bonchev–Trinajstić information content (AvgIpc) is 3.05. The third kappa shape index (κ3) is 2.61. The molecule has 0 unspecified atom stereocenters. The fourth-order valence-corrected chi connectivity index (χ4v) is 11.4. The Hall–Kier alpha value is -0.340. The summed E-state index contributed by atoms with van der Waals surface area (Å²) in [7, 11) is 0. The van der Waals surface area contributed by atoms with E-state index in [-0.39, 0.29) is 22.3 Å². The molecule has 11 atom stereocenters. The van der Waals surface area contributed by atoms with Crippen molar-refractivity contribution in [3.8, 4) is 0 Å². The highest BCUT2D eigenvalue weighted by Crippen LogP contribution is 2.77. The molecule has 5 aliphatic carbocycles. The Bertz CT molecular complexity index is 801. The summed E-state index contributed by atoms with van der Waals surface area (Å²) in [5.41, 5.74) is 2.32. The molecular weight excluding hydrogens is 392 g/mol. The van der Waals surface area contributed by atoms with Crippen LogP contribution in [-0.2, 0) is 0 Å². The maximum absolute atomic E-state index is 11.5. The normalized spacial score (nSPS) is 58.8. The Morgan fingerprint density at radius 1 is 0.750 bits per heavy atom. The summed E-state index contributed by atoms with van der Waals surface area (Å²) < 4.78 is 0. The average molecular weight is 443 g/mol. The molecule has 2 heteroatoms. The van der Waals surface area contributed by atoms with Crippen LogP contribution in [0.3, 0.4) is 0 Å². The SMILES string of the molecule is C=C(C)[C@H]1CC[C@@]2(C)CC[C@@]3(C)[C@@H](CC[C@H]4[C@@]5(C)[C@H](CC[C@@]43C)C(C)(C)[C@@H](O)C[C@@H]5O)[C@H]12. The standard InChI is InChI=1S/C30H50O2/c1-18(2)19-11-13-27(5)15-16-28(6)20(25(19)27)9-10-22-29(28,7)14-12-21-26(3,4)23(31)17-24(32)30(21,22)8/h19-25,31-32H,1,9-17H2,2-8H3/t19-,20+,21-,22-,23+,24+,25+,27+,28+,29+,30-/m1/s1. The molecule has 0 spiro atoms. The van der Waals surface area contributed by atoms with E-state index >= 15 is 0 Å². The van der Waals surface area contributed by atoms with Gasteiger partial charge in [-0.15, -0.1) is 0 Å². The van der Waals surface area contributed by atoms with Crippen LogP contribution in [0.4, 0.5) is 0 Å². The van der Waals surface area contributed by atoms with Crippen molar-refractivity contribution in [3.63, 3.8) is 0 Å². The van der Waals surface area contributed by atoms with Gasteiger partial charge < -0.3 is 10.2 Å². The number of aliphatic hydroxyl groups excluding tert-OH is 2. The molecule has 5 fully saturated rings. The minimum atomic E-state index is -0.392. The van der Waals surface area contributed by atoms with Gasteiger partial charge in [-0.05, 0) is 110 Å². The summed E-state index contributed by atoms with van der Waals surface area (Å²) in [4.78, 5) is 0. The van der Waals surface area contributed by atoms with Gasteiger partial charge in [0.1, 0.15) is 0 Å². The zero-order chi connectivity index (χ0) is 23.5. The van der Waals surface area contributed by atoms with Crippen molar-refractivity contribution in [2.45, 2.75) is 118 Å². The molecule has 0 saturated heterocycles. The minimum absolute atomic E-state index is 0.0894. The lowest BCUT2D eigenvalue weighted by Crippen LogP contribution is -2.69. The van der Waals surface area contributed by atoms with Crippen molar-refractivity contribution in [3.05, 3.63) is 12.2 Å². The van der Waals surface area contributed by atoms with Crippen LogP contribution in [0.5, 0.6) is 0 Å². The van der Waals surface area contributed by atoms with Crippen LogP contribution in [0.2, 0.25) is 0 Å². The minimum Gasteiger partial charge on any atom is -0.392 e. The highest BCUT2D eigenvalue weighted by molar-refractivity contribution is 5.22. The zero-order valence-corrected chi connectivity index (χ0v) is 22.0. The number of rotatable bonds is 1. The number of allylic oxidation sites excluding steroid dienone is 1. The van der Waals surface area contributed by atoms with E-state index in [1.54, 1.807) is 0 Å². The number of hydrogen-bond donors (Lipinski definition) is 2. The maximum atomic E-state index is 11.5. The Morgan fingerprint density at radius 2 is 1.44 bits per heavy atom.